The minimum absolute atomic E-state index is 0.0678. The summed E-state index contributed by atoms with van der Waals surface area (Å²) in [6.07, 6.45) is 0. The number of fused-ring (bicyclic) bond motifs is 1. The number of benzene rings is 2. The molecule has 5 nitrogen and oxygen atoms in total. The number of nitrogens with one attached hydrogen (secondary N) is 1. The molecule has 0 atom stereocenters. The summed E-state index contributed by atoms with van der Waals surface area (Å²) in [5.41, 5.74) is 0.971. The van der Waals surface area contributed by atoms with Crippen LogP contribution in [0.3, 0.4) is 0 Å². The van der Waals surface area contributed by atoms with Gasteiger partial charge in [0.1, 0.15) is 0 Å². The molecule has 0 radical (unpaired) electrons. The van der Waals surface area contributed by atoms with Crippen molar-refractivity contribution in [2.45, 2.75) is 29.3 Å². The summed E-state index contributed by atoms with van der Waals surface area (Å²) in [4.78, 5) is 29.7. The second-order valence-corrected chi connectivity index (χ2v) is 7.71. The maximum absolute atomic E-state index is 12.6. The third-order valence-electron chi connectivity index (χ3n) is 3.84. The van der Waals surface area contributed by atoms with E-state index in [-0.39, 0.29) is 17.2 Å². The summed E-state index contributed by atoms with van der Waals surface area (Å²) in [6, 6.07) is 13.3. The fraction of sp³-hybridized carbons (Fsp3) is 0.211. The first-order valence-corrected chi connectivity index (χ1v) is 10.3. The Labute approximate surface area is 168 Å². The molecule has 1 N–H and O–H groups in total. The molecule has 0 aliphatic carbocycles. The number of hydrogen-bond acceptors (Lipinski definition) is 5. The van der Waals surface area contributed by atoms with Crippen LogP contribution in [-0.2, 0) is 11.3 Å². The van der Waals surface area contributed by atoms with Crippen LogP contribution in [0.2, 0.25) is 0 Å². The molecule has 0 unspecified atom stereocenters. The molecule has 146 valence electrons. The fourth-order valence-electron chi connectivity index (χ4n) is 2.58. The number of para-hydroxylation sites is 1. The van der Waals surface area contributed by atoms with Crippen molar-refractivity contribution in [1.29, 1.82) is 0 Å². The highest BCUT2D eigenvalue weighted by molar-refractivity contribution is 8.00. The van der Waals surface area contributed by atoms with Gasteiger partial charge in [0.15, 0.2) is 5.16 Å². The SMILES string of the molecule is CCn1c(SCC(=O)Nc2ccc(SC(F)F)cc2)nc2ccccc2c1=O. The smallest absolute Gasteiger partial charge is 0.288 e. The van der Waals surface area contributed by atoms with E-state index in [4.69, 9.17) is 0 Å². The van der Waals surface area contributed by atoms with Crippen molar-refractivity contribution in [2.75, 3.05) is 11.1 Å². The van der Waals surface area contributed by atoms with Crippen LogP contribution in [0.15, 0.2) is 63.4 Å². The van der Waals surface area contributed by atoms with Gasteiger partial charge in [-0.1, -0.05) is 35.7 Å². The van der Waals surface area contributed by atoms with Crippen LogP contribution < -0.4 is 10.9 Å². The summed E-state index contributed by atoms with van der Waals surface area (Å²) < 4.78 is 26.2. The molecule has 0 saturated carbocycles. The first-order valence-electron chi connectivity index (χ1n) is 8.45. The van der Waals surface area contributed by atoms with E-state index in [2.05, 4.69) is 10.3 Å². The van der Waals surface area contributed by atoms with E-state index in [0.29, 0.717) is 44.9 Å². The summed E-state index contributed by atoms with van der Waals surface area (Å²) in [5, 5.41) is 3.73. The number of hydrogen-bond donors (Lipinski definition) is 1. The fourth-order valence-corrected chi connectivity index (χ4v) is 3.95. The number of rotatable bonds is 7. The molecule has 1 heterocycles. The van der Waals surface area contributed by atoms with Gasteiger partial charge in [0.25, 0.3) is 11.3 Å². The van der Waals surface area contributed by atoms with E-state index in [0.717, 1.165) is 0 Å². The number of alkyl halides is 2. The predicted molar refractivity (Wildman–Crippen MR) is 109 cm³/mol. The van der Waals surface area contributed by atoms with Crippen molar-refractivity contribution in [3.8, 4) is 0 Å². The Bertz CT molecular complexity index is 1040. The number of anilines is 1. The van der Waals surface area contributed by atoms with E-state index in [1.165, 1.54) is 28.5 Å². The number of thioether (sulfide) groups is 2. The van der Waals surface area contributed by atoms with Gasteiger partial charge in [-0.2, -0.15) is 8.78 Å². The van der Waals surface area contributed by atoms with Gasteiger partial charge in [0, 0.05) is 17.1 Å². The van der Waals surface area contributed by atoms with E-state index < -0.39 is 5.76 Å². The second-order valence-electron chi connectivity index (χ2n) is 5.70. The molecule has 0 spiro atoms. The normalized spacial score (nSPS) is 11.1. The van der Waals surface area contributed by atoms with Crippen molar-refractivity contribution in [3.05, 3.63) is 58.9 Å². The van der Waals surface area contributed by atoms with Crippen LogP contribution in [-0.4, -0.2) is 27.0 Å². The van der Waals surface area contributed by atoms with Crippen LogP contribution in [0, 0.1) is 0 Å². The lowest BCUT2D eigenvalue weighted by Crippen LogP contribution is -2.23. The van der Waals surface area contributed by atoms with E-state index in [1.807, 2.05) is 13.0 Å². The Morgan fingerprint density at radius 1 is 1.18 bits per heavy atom. The number of nitrogens with zero attached hydrogens (tertiary/aromatic N) is 2. The average Bonchev–Trinajstić information content (AvgIpc) is 2.68. The molecule has 28 heavy (non-hydrogen) atoms. The first kappa shape index (κ1) is 20.3. The van der Waals surface area contributed by atoms with Gasteiger partial charge in [0.2, 0.25) is 5.91 Å². The Hall–Kier alpha value is -2.39. The molecular formula is C19H17F2N3O2S2. The van der Waals surface area contributed by atoms with Gasteiger partial charge < -0.3 is 5.32 Å². The number of aromatic nitrogens is 2. The highest BCUT2D eigenvalue weighted by Crippen LogP contribution is 2.26. The molecule has 0 aliphatic heterocycles. The molecule has 0 saturated heterocycles. The lowest BCUT2D eigenvalue weighted by molar-refractivity contribution is -0.113. The Morgan fingerprint density at radius 2 is 1.89 bits per heavy atom. The van der Waals surface area contributed by atoms with Crippen LogP contribution in [0.1, 0.15) is 6.92 Å². The van der Waals surface area contributed by atoms with Crippen LogP contribution in [0.4, 0.5) is 14.5 Å². The predicted octanol–water partition coefficient (Wildman–Crippen LogP) is 4.46. The minimum atomic E-state index is -2.48. The second kappa shape index (κ2) is 9.20. The third kappa shape index (κ3) is 4.90. The van der Waals surface area contributed by atoms with Gasteiger partial charge in [-0.05, 0) is 43.3 Å². The molecule has 0 fully saturated rings. The number of carbonyl (C=O) groups is 1. The molecule has 3 rings (SSSR count). The van der Waals surface area contributed by atoms with Crippen molar-refractivity contribution in [2.24, 2.45) is 0 Å². The molecule has 1 aromatic heterocycles. The molecule has 0 aliphatic rings. The van der Waals surface area contributed by atoms with Crippen molar-refractivity contribution >= 4 is 46.0 Å². The lowest BCUT2D eigenvalue weighted by Gasteiger charge is -2.11. The van der Waals surface area contributed by atoms with Crippen LogP contribution in [0.25, 0.3) is 10.9 Å². The zero-order valence-corrected chi connectivity index (χ0v) is 16.5. The quantitative estimate of drug-likeness (QED) is 0.451. The number of halogens is 2. The lowest BCUT2D eigenvalue weighted by atomic mass is 10.2. The summed E-state index contributed by atoms with van der Waals surface area (Å²) in [7, 11) is 0. The summed E-state index contributed by atoms with van der Waals surface area (Å²) in [6.45, 7) is 2.30. The maximum atomic E-state index is 12.6. The monoisotopic (exact) mass is 421 g/mol. The van der Waals surface area contributed by atoms with Crippen molar-refractivity contribution in [3.63, 3.8) is 0 Å². The third-order valence-corrected chi connectivity index (χ3v) is 5.54. The maximum Gasteiger partial charge on any atom is 0.288 e. The van der Waals surface area contributed by atoms with Crippen molar-refractivity contribution < 1.29 is 13.6 Å². The Morgan fingerprint density at radius 3 is 2.57 bits per heavy atom. The highest BCUT2D eigenvalue weighted by Gasteiger charge is 2.12. The molecule has 9 heteroatoms. The highest BCUT2D eigenvalue weighted by atomic mass is 32.2. The molecular weight excluding hydrogens is 404 g/mol. The van der Waals surface area contributed by atoms with Crippen LogP contribution >= 0.6 is 23.5 Å². The molecule has 1 amide bonds. The average molecular weight is 421 g/mol. The van der Waals surface area contributed by atoms with Gasteiger partial charge in [0.05, 0.1) is 16.7 Å². The van der Waals surface area contributed by atoms with Gasteiger partial charge in [-0.3, -0.25) is 14.2 Å². The van der Waals surface area contributed by atoms with E-state index in [9.17, 15) is 18.4 Å². The molecule has 0 bridgehead atoms. The molecule has 3 aromatic rings. The van der Waals surface area contributed by atoms with Gasteiger partial charge in [-0.25, -0.2) is 4.98 Å². The topological polar surface area (TPSA) is 64.0 Å². The molecule has 2 aromatic carbocycles. The first-order chi connectivity index (χ1) is 13.5. The zero-order valence-electron chi connectivity index (χ0n) is 14.9. The van der Waals surface area contributed by atoms with Gasteiger partial charge >= 0.3 is 0 Å². The number of amides is 1. The zero-order chi connectivity index (χ0) is 20.1. The largest absolute Gasteiger partial charge is 0.325 e. The number of carbonyl (C=O) groups excluding carboxylic acids is 1. The Balaban J connectivity index is 1.68. The van der Waals surface area contributed by atoms with E-state index in [1.54, 1.807) is 30.3 Å². The van der Waals surface area contributed by atoms with Gasteiger partial charge in [-0.15, -0.1) is 0 Å². The standard InChI is InChI=1S/C19H17F2N3O2S2/c1-2-24-17(26)14-5-3-4-6-15(14)23-19(24)27-11-16(25)22-12-7-9-13(10-8-12)28-18(20)21/h3-10,18H,2,11H2,1H3,(H,22,25). The summed E-state index contributed by atoms with van der Waals surface area (Å²) in [5.74, 6) is -2.69. The van der Waals surface area contributed by atoms with Crippen LogP contribution in [0.5, 0.6) is 0 Å². The minimum Gasteiger partial charge on any atom is -0.325 e. The van der Waals surface area contributed by atoms with Crippen molar-refractivity contribution in [1.82, 2.24) is 9.55 Å². The van der Waals surface area contributed by atoms with E-state index >= 15 is 0 Å². The Kier molecular flexibility index (Phi) is 6.69. The summed E-state index contributed by atoms with van der Waals surface area (Å²) >= 11 is 1.63.